The van der Waals surface area contributed by atoms with Crippen molar-refractivity contribution in [3.63, 3.8) is 0 Å². The summed E-state index contributed by atoms with van der Waals surface area (Å²) in [6.45, 7) is 0.796. The van der Waals surface area contributed by atoms with Crippen LogP contribution in [0.3, 0.4) is 0 Å². The van der Waals surface area contributed by atoms with Crippen LogP contribution in [-0.2, 0) is 16.4 Å². The Morgan fingerprint density at radius 2 is 2.00 bits per heavy atom. The topological polar surface area (TPSA) is 76.3 Å². The number of sulfonamides is 1. The summed E-state index contributed by atoms with van der Waals surface area (Å²) in [5, 5.41) is 0. The molecule has 2 aromatic heterocycles. The molecule has 0 aliphatic carbocycles. The van der Waals surface area contributed by atoms with Gasteiger partial charge in [-0.05, 0) is 42.7 Å². The number of aromatic nitrogens is 2. The number of nitrogens with zero attached hydrogens (tertiary/aromatic N) is 3. The van der Waals surface area contributed by atoms with Crippen LogP contribution in [0.4, 0.5) is 4.39 Å². The molecule has 0 bridgehead atoms. The second-order valence-electron chi connectivity index (χ2n) is 6.86. The molecule has 1 fully saturated rings. The Morgan fingerprint density at radius 1 is 1.18 bits per heavy atom. The Morgan fingerprint density at radius 3 is 2.75 bits per heavy atom. The van der Waals surface area contributed by atoms with E-state index in [-0.39, 0.29) is 16.6 Å². The summed E-state index contributed by atoms with van der Waals surface area (Å²) in [4.78, 5) is 8.47. The normalized spacial score (nSPS) is 18.2. The highest BCUT2D eigenvalue weighted by atomic mass is 32.2. The Hall–Kier alpha value is -2.58. The molecule has 0 spiro atoms. The molecule has 1 aliphatic heterocycles. The number of hydrogen-bond acceptors (Lipinski definition) is 5. The Balaban J connectivity index is 1.48. The lowest BCUT2D eigenvalue weighted by Crippen LogP contribution is -2.39. The summed E-state index contributed by atoms with van der Waals surface area (Å²) in [5.41, 5.74) is 0.925. The van der Waals surface area contributed by atoms with Crippen molar-refractivity contribution in [1.29, 1.82) is 0 Å². The van der Waals surface area contributed by atoms with Crippen LogP contribution in [-0.4, -0.2) is 35.8 Å². The highest BCUT2D eigenvalue weighted by Crippen LogP contribution is 2.30. The van der Waals surface area contributed by atoms with Crippen LogP contribution in [0.15, 0.2) is 64.3 Å². The second kappa shape index (κ2) is 7.81. The molecule has 28 heavy (non-hydrogen) atoms. The SMILES string of the molecule is O=S(=O)(c1cccnc1)N1CCCC(c2ncc(Cc3ccc(F)cc3)o2)C1. The maximum Gasteiger partial charge on any atom is 0.244 e. The van der Waals surface area contributed by atoms with E-state index in [1.807, 2.05) is 0 Å². The Bertz CT molecular complexity index is 1040. The van der Waals surface area contributed by atoms with Crippen LogP contribution in [0, 0.1) is 5.82 Å². The first-order valence-electron chi connectivity index (χ1n) is 9.11. The fourth-order valence-electron chi connectivity index (χ4n) is 3.41. The van der Waals surface area contributed by atoms with E-state index in [1.54, 1.807) is 36.7 Å². The average molecular weight is 401 g/mol. The van der Waals surface area contributed by atoms with Crippen molar-refractivity contribution < 1.29 is 17.2 Å². The summed E-state index contributed by atoms with van der Waals surface area (Å²) in [6, 6.07) is 9.41. The number of oxazole rings is 1. The van der Waals surface area contributed by atoms with Crippen LogP contribution in [0.2, 0.25) is 0 Å². The molecule has 4 rings (SSSR count). The number of rotatable bonds is 5. The molecule has 0 saturated carbocycles. The first kappa shape index (κ1) is 18.8. The minimum absolute atomic E-state index is 0.0952. The van der Waals surface area contributed by atoms with Gasteiger partial charge in [0, 0.05) is 37.8 Å². The molecular formula is C20H20FN3O3S. The lowest BCUT2D eigenvalue weighted by atomic mass is 10.00. The second-order valence-corrected chi connectivity index (χ2v) is 8.80. The monoisotopic (exact) mass is 401 g/mol. The van der Waals surface area contributed by atoms with Crippen LogP contribution in [0.25, 0.3) is 0 Å². The third-order valence-electron chi connectivity index (χ3n) is 4.87. The van der Waals surface area contributed by atoms with Gasteiger partial charge in [0.25, 0.3) is 0 Å². The van der Waals surface area contributed by atoms with Crippen LogP contribution in [0.1, 0.15) is 36.0 Å². The molecule has 1 aromatic carbocycles. The quantitative estimate of drug-likeness (QED) is 0.655. The van der Waals surface area contributed by atoms with Crippen molar-refractivity contribution in [3.8, 4) is 0 Å². The Kier molecular flexibility index (Phi) is 5.23. The van der Waals surface area contributed by atoms with Crippen molar-refractivity contribution in [3.05, 3.63) is 78.0 Å². The predicted octanol–water partition coefficient (Wildman–Crippen LogP) is 3.37. The lowest BCUT2D eigenvalue weighted by molar-refractivity contribution is 0.281. The van der Waals surface area contributed by atoms with Gasteiger partial charge in [0.2, 0.25) is 10.0 Å². The molecule has 6 nitrogen and oxygen atoms in total. The highest BCUT2D eigenvalue weighted by Gasteiger charge is 2.33. The van der Waals surface area contributed by atoms with E-state index in [9.17, 15) is 12.8 Å². The fraction of sp³-hybridized carbons (Fsp3) is 0.300. The summed E-state index contributed by atoms with van der Waals surface area (Å²) in [7, 11) is -3.58. The van der Waals surface area contributed by atoms with Crippen molar-refractivity contribution >= 4 is 10.0 Å². The first-order chi connectivity index (χ1) is 13.5. The van der Waals surface area contributed by atoms with Gasteiger partial charge in [-0.3, -0.25) is 4.98 Å². The maximum absolute atomic E-state index is 13.0. The van der Waals surface area contributed by atoms with E-state index in [2.05, 4.69) is 9.97 Å². The van der Waals surface area contributed by atoms with E-state index in [0.717, 1.165) is 18.4 Å². The molecule has 1 unspecified atom stereocenters. The van der Waals surface area contributed by atoms with Crippen molar-refractivity contribution in [1.82, 2.24) is 14.3 Å². The van der Waals surface area contributed by atoms with E-state index in [1.165, 1.54) is 22.6 Å². The molecule has 8 heteroatoms. The van der Waals surface area contributed by atoms with Gasteiger partial charge < -0.3 is 4.42 Å². The van der Waals surface area contributed by atoms with Crippen molar-refractivity contribution in [2.75, 3.05) is 13.1 Å². The first-order valence-corrected chi connectivity index (χ1v) is 10.6. The van der Waals surface area contributed by atoms with Gasteiger partial charge in [-0.2, -0.15) is 4.31 Å². The van der Waals surface area contributed by atoms with Gasteiger partial charge >= 0.3 is 0 Å². The zero-order valence-corrected chi connectivity index (χ0v) is 16.0. The van der Waals surface area contributed by atoms with Crippen LogP contribution in [0.5, 0.6) is 0 Å². The third-order valence-corrected chi connectivity index (χ3v) is 6.72. The van der Waals surface area contributed by atoms with Crippen molar-refractivity contribution in [2.24, 2.45) is 0 Å². The molecule has 0 radical (unpaired) electrons. The average Bonchev–Trinajstić information content (AvgIpc) is 3.19. The van der Waals surface area contributed by atoms with Crippen molar-refractivity contribution in [2.45, 2.75) is 30.1 Å². The minimum atomic E-state index is -3.58. The number of piperidine rings is 1. The number of pyridine rings is 1. The van der Waals surface area contributed by atoms with E-state index < -0.39 is 10.0 Å². The largest absolute Gasteiger partial charge is 0.445 e. The highest BCUT2D eigenvalue weighted by molar-refractivity contribution is 7.89. The molecule has 3 heterocycles. The summed E-state index contributed by atoms with van der Waals surface area (Å²) in [5.74, 6) is 0.846. The molecule has 1 atom stereocenters. The Labute approximate surface area is 163 Å². The van der Waals surface area contributed by atoms with Gasteiger partial charge in [0.1, 0.15) is 16.5 Å². The fourth-order valence-corrected chi connectivity index (χ4v) is 4.90. The number of benzene rings is 1. The predicted molar refractivity (Wildman–Crippen MR) is 101 cm³/mol. The molecule has 1 saturated heterocycles. The summed E-state index contributed by atoms with van der Waals surface area (Å²) >= 11 is 0. The minimum Gasteiger partial charge on any atom is -0.445 e. The van der Waals surface area contributed by atoms with Crippen LogP contribution < -0.4 is 0 Å². The zero-order valence-electron chi connectivity index (χ0n) is 15.2. The van der Waals surface area contributed by atoms with Gasteiger partial charge in [-0.1, -0.05) is 12.1 Å². The molecule has 146 valence electrons. The maximum atomic E-state index is 13.0. The smallest absolute Gasteiger partial charge is 0.244 e. The number of halogens is 1. The molecule has 3 aromatic rings. The molecule has 1 aliphatic rings. The lowest BCUT2D eigenvalue weighted by Gasteiger charge is -2.30. The van der Waals surface area contributed by atoms with E-state index in [0.29, 0.717) is 31.2 Å². The molecule has 0 amide bonds. The van der Waals surface area contributed by atoms with Gasteiger partial charge in [0.05, 0.1) is 6.20 Å². The third kappa shape index (κ3) is 3.98. The van der Waals surface area contributed by atoms with Crippen LogP contribution >= 0.6 is 0 Å². The van der Waals surface area contributed by atoms with E-state index >= 15 is 0 Å². The van der Waals surface area contributed by atoms with Gasteiger partial charge in [-0.25, -0.2) is 17.8 Å². The zero-order chi connectivity index (χ0) is 19.6. The summed E-state index contributed by atoms with van der Waals surface area (Å²) in [6.07, 6.45) is 6.64. The summed E-state index contributed by atoms with van der Waals surface area (Å²) < 4.78 is 46.1. The van der Waals surface area contributed by atoms with Gasteiger partial charge in [-0.15, -0.1) is 0 Å². The van der Waals surface area contributed by atoms with E-state index in [4.69, 9.17) is 4.42 Å². The molecular weight excluding hydrogens is 381 g/mol. The molecule has 0 N–H and O–H groups in total. The van der Waals surface area contributed by atoms with Gasteiger partial charge in [0.15, 0.2) is 5.89 Å². The number of hydrogen-bond donors (Lipinski definition) is 0. The standard InChI is InChI=1S/C20H20FN3O3S/c21-17-7-5-15(6-8-17)11-18-12-23-20(27-18)16-3-2-10-24(14-16)28(25,26)19-4-1-9-22-13-19/h1,4-9,12-13,16H,2-3,10-11,14H2.